The molecular weight excluding hydrogens is 622 g/mol. The van der Waals surface area contributed by atoms with Gasteiger partial charge in [0, 0.05) is 74.4 Å². The van der Waals surface area contributed by atoms with Gasteiger partial charge in [-0.3, -0.25) is 24.5 Å². The van der Waals surface area contributed by atoms with E-state index >= 15 is 0 Å². The van der Waals surface area contributed by atoms with Crippen LogP contribution in [0, 0.1) is 11.3 Å². The maximum absolute atomic E-state index is 13.6. The van der Waals surface area contributed by atoms with Gasteiger partial charge in [0.1, 0.15) is 5.02 Å². The van der Waals surface area contributed by atoms with E-state index in [0.29, 0.717) is 46.6 Å². The highest BCUT2D eigenvalue weighted by molar-refractivity contribution is 6.33. The van der Waals surface area contributed by atoms with Crippen molar-refractivity contribution < 1.29 is 19.2 Å². The van der Waals surface area contributed by atoms with Crippen LogP contribution in [-0.2, 0) is 25.6 Å². The third-order valence-corrected chi connectivity index (χ3v) is 9.45. The molecule has 0 aliphatic carbocycles. The molecule has 2 fully saturated rings. The van der Waals surface area contributed by atoms with Crippen molar-refractivity contribution in [3.05, 3.63) is 58.7 Å². The number of halogens is 1. The lowest BCUT2D eigenvalue weighted by Crippen LogP contribution is -2.51. The zero-order valence-corrected chi connectivity index (χ0v) is 27.3. The van der Waals surface area contributed by atoms with Gasteiger partial charge >= 0.3 is 0 Å². The van der Waals surface area contributed by atoms with E-state index in [1.54, 1.807) is 36.0 Å². The van der Waals surface area contributed by atoms with Crippen molar-refractivity contribution >= 4 is 75.5 Å². The number of amides is 4. The number of rotatable bonds is 8. The molecule has 13 nitrogen and oxygen atoms in total. The predicted octanol–water partition coefficient (Wildman–Crippen LogP) is 3.88. The summed E-state index contributed by atoms with van der Waals surface area (Å²) in [4.78, 5) is 64.2. The first-order valence-corrected chi connectivity index (χ1v) is 15.8. The third-order valence-electron chi connectivity index (χ3n) is 9.18. The van der Waals surface area contributed by atoms with Gasteiger partial charge in [-0.1, -0.05) is 11.6 Å². The molecule has 1 aromatic heterocycles. The molecule has 1 unspecified atom stereocenters. The molecule has 0 bridgehead atoms. The van der Waals surface area contributed by atoms with Crippen LogP contribution < -0.4 is 30.7 Å². The SMILES string of the molecule is CNc1cc(N2C(=O)C[C@H](N(C)c3ncc(Cl)c(Nc4ccc5c(c4)CC(=O)N5C)n3)C[C@@H]2C)ccc1C(=N)C1CCC(=O)NC1=O. The van der Waals surface area contributed by atoms with Gasteiger partial charge in [0.15, 0.2) is 5.82 Å². The summed E-state index contributed by atoms with van der Waals surface area (Å²) in [6, 6.07) is 10.7. The Hall–Kier alpha value is -5.04. The van der Waals surface area contributed by atoms with Crippen LogP contribution in [0.4, 0.5) is 34.5 Å². The molecule has 3 aromatic rings. The van der Waals surface area contributed by atoms with Gasteiger partial charge in [0.05, 0.1) is 24.2 Å². The highest BCUT2D eigenvalue weighted by atomic mass is 35.5. The maximum atomic E-state index is 13.6. The van der Waals surface area contributed by atoms with Crippen LogP contribution in [0.2, 0.25) is 5.02 Å². The van der Waals surface area contributed by atoms with E-state index < -0.39 is 11.8 Å². The number of piperidine rings is 2. The minimum absolute atomic E-state index is 0.0423. The van der Waals surface area contributed by atoms with Crippen molar-refractivity contribution in [3.8, 4) is 0 Å². The van der Waals surface area contributed by atoms with E-state index in [9.17, 15) is 19.2 Å². The van der Waals surface area contributed by atoms with Gasteiger partial charge in [-0.05, 0) is 61.7 Å². The summed E-state index contributed by atoms with van der Waals surface area (Å²) in [6.45, 7) is 1.99. The Morgan fingerprint density at radius 3 is 2.64 bits per heavy atom. The number of anilines is 6. The summed E-state index contributed by atoms with van der Waals surface area (Å²) in [6.07, 6.45) is 3.21. The van der Waals surface area contributed by atoms with Crippen molar-refractivity contribution in [2.45, 2.75) is 51.1 Å². The standard InChI is InChI=1S/C33H36ClN9O4/c1-17-11-21(41(3)33-37-16-24(34)31(40-33)38-19-5-9-26-18(12-19)13-28(45)42(26)4)15-29(46)43(17)20-6-7-22(25(14-20)36-2)30(35)23-8-10-27(44)39-32(23)47/h5-7,9,12,14,16-17,21,23,35-36H,8,10-11,13,15H2,1-4H3,(H,37,38,40)(H,39,44,47)/t17-,21+,23?/m0/s1. The monoisotopic (exact) mass is 657 g/mol. The topological polar surface area (TPSA) is 164 Å². The largest absolute Gasteiger partial charge is 0.388 e. The molecule has 0 spiro atoms. The van der Waals surface area contributed by atoms with E-state index in [4.69, 9.17) is 17.0 Å². The highest BCUT2D eigenvalue weighted by Gasteiger charge is 2.36. The molecule has 0 saturated carbocycles. The number of fused-ring (bicyclic) bond motifs is 1. The first-order valence-electron chi connectivity index (χ1n) is 15.4. The van der Waals surface area contributed by atoms with Crippen LogP contribution in [0.25, 0.3) is 0 Å². The van der Waals surface area contributed by atoms with Gasteiger partial charge in [-0.2, -0.15) is 4.98 Å². The lowest BCUT2D eigenvalue weighted by atomic mass is 9.88. The Labute approximate surface area is 277 Å². The molecule has 47 heavy (non-hydrogen) atoms. The summed E-state index contributed by atoms with van der Waals surface area (Å²) < 4.78 is 0. The number of imide groups is 1. The number of hydrogen-bond acceptors (Lipinski definition) is 10. The lowest BCUT2D eigenvalue weighted by Gasteiger charge is -2.41. The summed E-state index contributed by atoms with van der Waals surface area (Å²) in [5.74, 6) is -0.701. The van der Waals surface area contributed by atoms with Gasteiger partial charge in [-0.25, -0.2) is 4.98 Å². The number of hydrogen-bond donors (Lipinski definition) is 4. The molecule has 0 radical (unpaired) electrons. The van der Waals surface area contributed by atoms with Crippen LogP contribution in [0.3, 0.4) is 0 Å². The maximum Gasteiger partial charge on any atom is 0.235 e. The normalized spacial score (nSPS) is 21.0. The molecule has 4 N–H and O–H groups in total. The number of carbonyl (C=O) groups is 4. The van der Waals surface area contributed by atoms with Crippen LogP contribution >= 0.6 is 11.6 Å². The smallest absolute Gasteiger partial charge is 0.235 e. The summed E-state index contributed by atoms with van der Waals surface area (Å²) in [5, 5.41) is 17.7. The summed E-state index contributed by atoms with van der Waals surface area (Å²) in [5.41, 5.74) is 4.53. The highest BCUT2D eigenvalue weighted by Crippen LogP contribution is 2.35. The van der Waals surface area contributed by atoms with E-state index in [1.807, 2.05) is 43.1 Å². The Morgan fingerprint density at radius 1 is 1.13 bits per heavy atom. The van der Waals surface area contributed by atoms with Crippen molar-refractivity contribution in [1.82, 2.24) is 15.3 Å². The molecule has 3 aliphatic heterocycles. The fraction of sp³-hybridized carbons (Fsp3) is 0.364. The van der Waals surface area contributed by atoms with Crippen LogP contribution in [0.1, 0.15) is 43.7 Å². The Kier molecular flexibility index (Phi) is 8.58. The molecule has 3 aliphatic rings. The number of carbonyl (C=O) groups excluding carboxylic acids is 4. The van der Waals surface area contributed by atoms with E-state index in [2.05, 4.69) is 25.9 Å². The molecule has 3 atom stereocenters. The molecule has 14 heteroatoms. The second-order valence-electron chi connectivity index (χ2n) is 12.2. The van der Waals surface area contributed by atoms with Crippen LogP contribution in [0.5, 0.6) is 0 Å². The number of nitrogens with zero attached hydrogens (tertiary/aromatic N) is 5. The second-order valence-corrected chi connectivity index (χ2v) is 12.6. The van der Waals surface area contributed by atoms with Crippen LogP contribution in [-0.4, -0.2) is 72.5 Å². The number of benzene rings is 2. The molecule has 2 saturated heterocycles. The fourth-order valence-corrected chi connectivity index (χ4v) is 6.70. The zero-order valence-electron chi connectivity index (χ0n) is 26.6. The third kappa shape index (κ3) is 6.10. The molecule has 2 aromatic carbocycles. The minimum Gasteiger partial charge on any atom is -0.388 e. The average molecular weight is 658 g/mol. The van der Waals surface area contributed by atoms with Gasteiger partial charge in [-0.15, -0.1) is 0 Å². The molecule has 4 heterocycles. The van der Waals surface area contributed by atoms with Crippen molar-refractivity contribution in [3.63, 3.8) is 0 Å². The molecule has 4 amide bonds. The number of likely N-dealkylation sites (N-methyl/N-ethyl adjacent to an activating group) is 1. The average Bonchev–Trinajstić information content (AvgIpc) is 3.32. The Bertz CT molecular complexity index is 1810. The predicted molar refractivity (Wildman–Crippen MR) is 181 cm³/mol. The van der Waals surface area contributed by atoms with E-state index in [1.165, 1.54) is 6.20 Å². The number of aromatic nitrogens is 2. The first-order chi connectivity index (χ1) is 22.4. The van der Waals surface area contributed by atoms with E-state index in [0.717, 1.165) is 16.9 Å². The minimum atomic E-state index is -0.718. The fourth-order valence-electron chi connectivity index (χ4n) is 6.57. The van der Waals surface area contributed by atoms with E-state index in [-0.39, 0.29) is 54.8 Å². The van der Waals surface area contributed by atoms with Gasteiger partial charge < -0.3 is 30.7 Å². The van der Waals surface area contributed by atoms with Gasteiger partial charge in [0.25, 0.3) is 0 Å². The molecule has 244 valence electrons. The lowest BCUT2D eigenvalue weighted by molar-refractivity contribution is -0.134. The van der Waals surface area contributed by atoms with Crippen molar-refractivity contribution in [1.29, 1.82) is 5.41 Å². The molecule has 6 rings (SSSR count). The zero-order chi connectivity index (χ0) is 33.6. The summed E-state index contributed by atoms with van der Waals surface area (Å²) in [7, 11) is 5.35. The van der Waals surface area contributed by atoms with Crippen molar-refractivity contribution in [2.24, 2.45) is 5.92 Å². The van der Waals surface area contributed by atoms with Crippen LogP contribution in [0.15, 0.2) is 42.6 Å². The second kappa shape index (κ2) is 12.6. The summed E-state index contributed by atoms with van der Waals surface area (Å²) >= 11 is 6.47. The van der Waals surface area contributed by atoms with Gasteiger partial charge in [0.2, 0.25) is 29.6 Å². The number of nitrogens with one attached hydrogen (secondary N) is 4. The quantitative estimate of drug-likeness (QED) is 0.208. The molecular formula is C33H36ClN9O4. The first kappa shape index (κ1) is 31.9. The Morgan fingerprint density at radius 2 is 1.91 bits per heavy atom. The Balaban J connectivity index is 1.16. The van der Waals surface area contributed by atoms with Crippen molar-refractivity contribution in [2.75, 3.05) is 46.5 Å².